The van der Waals surface area contributed by atoms with E-state index >= 15 is 0 Å². The first-order valence-electron chi connectivity index (χ1n) is 6.96. The highest BCUT2D eigenvalue weighted by molar-refractivity contribution is 6.35. The molecule has 4 heteroatoms. The zero-order valence-electron chi connectivity index (χ0n) is 11.8. The number of phenols is 1. The van der Waals surface area contributed by atoms with Crippen molar-refractivity contribution in [1.82, 2.24) is 0 Å². The fourth-order valence-corrected chi connectivity index (χ4v) is 2.44. The third-order valence-electron chi connectivity index (χ3n) is 3.28. The number of fused-ring (bicyclic) bond motifs is 1. The topological polar surface area (TPSA) is 38.7 Å². The molecule has 0 aliphatic rings. The van der Waals surface area contributed by atoms with E-state index in [1.54, 1.807) is 24.3 Å². The van der Waals surface area contributed by atoms with Gasteiger partial charge in [0.1, 0.15) is 30.5 Å². The summed E-state index contributed by atoms with van der Waals surface area (Å²) in [6.45, 7) is 0.841. The van der Waals surface area contributed by atoms with Gasteiger partial charge in [0, 0.05) is 15.8 Å². The van der Waals surface area contributed by atoms with Crippen molar-refractivity contribution in [3.63, 3.8) is 0 Å². The Morgan fingerprint density at radius 1 is 0.773 bits per heavy atom. The van der Waals surface area contributed by atoms with E-state index in [-0.39, 0.29) is 5.75 Å². The Morgan fingerprint density at radius 2 is 1.45 bits per heavy atom. The van der Waals surface area contributed by atoms with E-state index in [0.29, 0.717) is 24.0 Å². The van der Waals surface area contributed by atoms with Gasteiger partial charge in [-0.1, -0.05) is 35.9 Å². The highest BCUT2D eigenvalue weighted by Crippen LogP contribution is 2.31. The maximum absolute atomic E-state index is 9.21. The standard InChI is InChI=1S/C18H15ClO3/c19-17-9-10-18(16-4-2-1-3-15(16)17)22-12-11-21-14-7-5-13(20)6-8-14/h1-10,20H,11-12H2. The molecule has 0 unspecified atom stereocenters. The van der Waals surface area contributed by atoms with Crippen LogP contribution in [0.1, 0.15) is 0 Å². The molecule has 0 amide bonds. The first kappa shape index (κ1) is 14.5. The minimum atomic E-state index is 0.219. The van der Waals surface area contributed by atoms with Gasteiger partial charge < -0.3 is 14.6 Å². The molecule has 3 aromatic carbocycles. The fourth-order valence-electron chi connectivity index (χ4n) is 2.21. The largest absolute Gasteiger partial charge is 0.508 e. The lowest BCUT2D eigenvalue weighted by molar-refractivity contribution is 0.218. The lowest BCUT2D eigenvalue weighted by Gasteiger charge is -2.11. The minimum Gasteiger partial charge on any atom is -0.508 e. The summed E-state index contributed by atoms with van der Waals surface area (Å²) >= 11 is 6.18. The van der Waals surface area contributed by atoms with E-state index in [0.717, 1.165) is 16.5 Å². The molecule has 0 bridgehead atoms. The normalized spacial score (nSPS) is 10.6. The van der Waals surface area contributed by atoms with E-state index < -0.39 is 0 Å². The summed E-state index contributed by atoms with van der Waals surface area (Å²) < 4.78 is 11.3. The van der Waals surface area contributed by atoms with E-state index in [2.05, 4.69) is 0 Å². The van der Waals surface area contributed by atoms with Crippen molar-refractivity contribution in [2.24, 2.45) is 0 Å². The van der Waals surface area contributed by atoms with Crippen LogP contribution in [0, 0.1) is 0 Å². The van der Waals surface area contributed by atoms with Crippen molar-refractivity contribution in [2.75, 3.05) is 13.2 Å². The van der Waals surface area contributed by atoms with Crippen molar-refractivity contribution in [3.8, 4) is 17.2 Å². The molecule has 3 rings (SSSR count). The van der Waals surface area contributed by atoms with Crippen LogP contribution in [0.25, 0.3) is 10.8 Å². The number of aromatic hydroxyl groups is 1. The van der Waals surface area contributed by atoms with Gasteiger partial charge in [-0.25, -0.2) is 0 Å². The molecule has 0 saturated carbocycles. The van der Waals surface area contributed by atoms with Crippen LogP contribution < -0.4 is 9.47 Å². The van der Waals surface area contributed by atoms with Crippen LogP contribution in [0.4, 0.5) is 0 Å². The molecule has 0 atom stereocenters. The van der Waals surface area contributed by atoms with E-state index in [1.165, 1.54) is 0 Å². The Kier molecular flexibility index (Phi) is 4.35. The predicted molar refractivity (Wildman–Crippen MR) is 88.1 cm³/mol. The third-order valence-corrected chi connectivity index (χ3v) is 3.61. The number of rotatable bonds is 5. The molecule has 0 aromatic heterocycles. The maximum atomic E-state index is 9.21. The first-order chi connectivity index (χ1) is 10.7. The van der Waals surface area contributed by atoms with Crippen molar-refractivity contribution in [2.45, 2.75) is 0 Å². The number of hydrogen-bond donors (Lipinski definition) is 1. The van der Waals surface area contributed by atoms with Gasteiger partial charge in [-0.05, 0) is 36.4 Å². The van der Waals surface area contributed by atoms with Gasteiger partial charge in [0.2, 0.25) is 0 Å². The quantitative estimate of drug-likeness (QED) is 0.696. The van der Waals surface area contributed by atoms with Crippen LogP contribution in [0.15, 0.2) is 60.7 Å². The molecule has 112 valence electrons. The summed E-state index contributed by atoms with van der Waals surface area (Å²) in [5.41, 5.74) is 0. The van der Waals surface area contributed by atoms with Crippen LogP contribution in [-0.4, -0.2) is 18.3 Å². The van der Waals surface area contributed by atoms with Gasteiger partial charge in [0.05, 0.1) is 0 Å². The zero-order chi connectivity index (χ0) is 15.4. The van der Waals surface area contributed by atoms with Gasteiger partial charge in [0.15, 0.2) is 0 Å². The summed E-state index contributed by atoms with van der Waals surface area (Å²) in [5, 5.41) is 11.9. The van der Waals surface area contributed by atoms with Crippen LogP contribution >= 0.6 is 11.6 Å². The number of phenolic OH excluding ortho intramolecular Hbond substituents is 1. The fraction of sp³-hybridized carbons (Fsp3) is 0.111. The summed E-state index contributed by atoms with van der Waals surface area (Å²) in [5.74, 6) is 1.70. The molecule has 0 saturated heterocycles. The van der Waals surface area contributed by atoms with Crippen LogP contribution in [0.2, 0.25) is 5.02 Å². The number of halogens is 1. The van der Waals surface area contributed by atoms with Crippen molar-refractivity contribution in [1.29, 1.82) is 0 Å². The average molecular weight is 315 g/mol. The lowest BCUT2D eigenvalue weighted by Crippen LogP contribution is -2.09. The van der Waals surface area contributed by atoms with Gasteiger partial charge in [0.25, 0.3) is 0 Å². The second-order valence-corrected chi connectivity index (χ2v) is 5.19. The Balaban J connectivity index is 1.62. The smallest absolute Gasteiger partial charge is 0.127 e. The van der Waals surface area contributed by atoms with Crippen molar-refractivity contribution >= 4 is 22.4 Å². The Labute approximate surface area is 133 Å². The van der Waals surface area contributed by atoms with E-state index in [1.807, 2.05) is 36.4 Å². The van der Waals surface area contributed by atoms with Crippen LogP contribution in [-0.2, 0) is 0 Å². The molecule has 0 spiro atoms. The summed E-state index contributed by atoms with van der Waals surface area (Å²) in [7, 11) is 0. The Bertz CT molecular complexity index is 769. The molecule has 0 aliphatic carbocycles. The van der Waals surface area contributed by atoms with Gasteiger partial charge in [-0.15, -0.1) is 0 Å². The molecular formula is C18H15ClO3. The molecule has 22 heavy (non-hydrogen) atoms. The Hall–Kier alpha value is -2.39. The highest BCUT2D eigenvalue weighted by Gasteiger charge is 2.05. The van der Waals surface area contributed by atoms with Crippen molar-refractivity contribution in [3.05, 3.63) is 65.7 Å². The molecule has 3 aromatic rings. The number of ether oxygens (including phenoxy) is 2. The number of hydrogen-bond acceptors (Lipinski definition) is 3. The second-order valence-electron chi connectivity index (χ2n) is 4.78. The second kappa shape index (κ2) is 6.58. The predicted octanol–water partition coefficient (Wildman–Crippen LogP) is 4.66. The molecule has 0 fully saturated rings. The van der Waals surface area contributed by atoms with Crippen LogP contribution in [0.3, 0.4) is 0 Å². The molecule has 3 nitrogen and oxygen atoms in total. The minimum absolute atomic E-state index is 0.219. The van der Waals surface area contributed by atoms with Gasteiger partial charge >= 0.3 is 0 Å². The van der Waals surface area contributed by atoms with E-state index in [9.17, 15) is 5.11 Å². The zero-order valence-corrected chi connectivity index (χ0v) is 12.6. The molecule has 0 aliphatic heterocycles. The lowest BCUT2D eigenvalue weighted by atomic mass is 10.1. The third kappa shape index (κ3) is 3.26. The Morgan fingerprint density at radius 3 is 2.23 bits per heavy atom. The van der Waals surface area contributed by atoms with E-state index in [4.69, 9.17) is 21.1 Å². The maximum Gasteiger partial charge on any atom is 0.127 e. The monoisotopic (exact) mass is 314 g/mol. The summed E-state index contributed by atoms with van der Waals surface area (Å²) in [4.78, 5) is 0. The summed E-state index contributed by atoms with van der Waals surface area (Å²) in [6, 6.07) is 18.2. The SMILES string of the molecule is Oc1ccc(OCCOc2ccc(Cl)c3ccccc23)cc1. The van der Waals surface area contributed by atoms with Gasteiger partial charge in [-0.2, -0.15) is 0 Å². The molecule has 0 radical (unpaired) electrons. The molecular weight excluding hydrogens is 300 g/mol. The van der Waals surface area contributed by atoms with Gasteiger partial charge in [-0.3, -0.25) is 0 Å². The summed E-state index contributed by atoms with van der Waals surface area (Å²) in [6.07, 6.45) is 0. The van der Waals surface area contributed by atoms with Crippen molar-refractivity contribution < 1.29 is 14.6 Å². The number of benzene rings is 3. The highest BCUT2D eigenvalue weighted by atomic mass is 35.5. The van der Waals surface area contributed by atoms with Crippen LogP contribution in [0.5, 0.6) is 17.2 Å². The average Bonchev–Trinajstić information content (AvgIpc) is 2.55. The first-order valence-corrected chi connectivity index (χ1v) is 7.34. The molecule has 0 heterocycles. The molecule has 1 N–H and O–H groups in total.